The van der Waals surface area contributed by atoms with Crippen LogP contribution in [-0.2, 0) is 9.59 Å². The molecule has 1 atom stereocenters. The summed E-state index contributed by atoms with van der Waals surface area (Å²) in [5, 5.41) is 11.7. The zero-order valence-corrected chi connectivity index (χ0v) is 11.5. The van der Waals surface area contributed by atoms with Gasteiger partial charge in [-0.2, -0.15) is 0 Å². The number of ether oxygens (including phenoxy) is 1. The monoisotopic (exact) mass is 278 g/mol. The van der Waals surface area contributed by atoms with Crippen LogP contribution in [0.25, 0.3) is 0 Å². The molecule has 0 aromatic heterocycles. The lowest BCUT2D eigenvalue weighted by atomic mass is 10.0. The van der Waals surface area contributed by atoms with Gasteiger partial charge in [0.25, 0.3) is 17.4 Å². The summed E-state index contributed by atoms with van der Waals surface area (Å²) in [6, 6.07) is 6.95. The second kappa shape index (κ2) is 5.50. The molecule has 0 radical (unpaired) electrons. The quantitative estimate of drug-likeness (QED) is 0.791. The molecular formula is C14H18N2O4. The van der Waals surface area contributed by atoms with Crippen LogP contribution in [0, 0.1) is 0 Å². The molecule has 2 rings (SSSR count). The third-order valence-corrected chi connectivity index (χ3v) is 3.33. The van der Waals surface area contributed by atoms with Crippen molar-refractivity contribution in [1.29, 1.82) is 0 Å². The molecule has 6 nitrogen and oxygen atoms in total. The fourth-order valence-electron chi connectivity index (χ4n) is 2.13. The van der Waals surface area contributed by atoms with Crippen molar-refractivity contribution >= 4 is 17.5 Å². The van der Waals surface area contributed by atoms with E-state index >= 15 is 0 Å². The number of aliphatic hydroxyl groups is 1. The predicted molar refractivity (Wildman–Crippen MR) is 73.4 cm³/mol. The average molecular weight is 278 g/mol. The van der Waals surface area contributed by atoms with Crippen LogP contribution in [0.3, 0.4) is 0 Å². The molecule has 0 fully saturated rings. The summed E-state index contributed by atoms with van der Waals surface area (Å²) < 4.78 is 5.64. The van der Waals surface area contributed by atoms with E-state index in [0.717, 1.165) is 0 Å². The fraction of sp³-hybridized carbons (Fsp3) is 0.429. The number of hydrogen-bond acceptors (Lipinski definition) is 4. The lowest BCUT2D eigenvalue weighted by Crippen LogP contribution is -2.60. The lowest BCUT2D eigenvalue weighted by Gasteiger charge is -2.36. The average Bonchev–Trinajstić information content (AvgIpc) is 2.45. The minimum atomic E-state index is -1.61. The number of fused-ring (bicyclic) bond motifs is 1. The highest BCUT2D eigenvalue weighted by Gasteiger charge is 2.48. The molecule has 2 N–H and O–H groups in total. The minimum absolute atomic E-state index is 0.159. The first-order valence-electron chi connectivity index (χ1n) is 6.52. The van der Waals surface area contributed by atoms with Gasteiger partial charge in [-0.25, -0.2) is 0 Å². The van der Waals surface area contributed by atoms with Crippen LogP contribution < -0.4 is 10.1 Å². The van der Waals surface area contributed by atoms with E-state index in [4.69, 9.17) is 9.84 Å². The van der Waals surface area contributed by atoms with Gasteiger partial charge < -0.3 is 20.1 Å². The maximum atomic E-state index is 12.5. The largest absolute Gasteiger partial charge is 0.466 e. The van der Waals surface area contributed by atoms with E-state index in [9.17, 15) is 9.59 Å². The Bertz CT molecular complexity index is 532. The molecular weight excluding hydrogens is 260 g/mol. The van der Waals surface area contributed by atoms with Crippen LogP contribution in [0.1, 0.15) is 13.8 Å². The first kappa shape index (κ1) is 14.3. The maximum Gasteiger partial charge on any atom is 0.278 e. The third kappa shape index (κ3) is 2.34. The molecule has 0 aliphatic carbocycles. The van der Waals surface area contributed by atoms with Gasteiger partial charge in [0.1, 0.15) is 5.75 Å². The van der Waals surface area contributed by atoms with Crippen molar-refractivity contribution in [1.82, 2.24) is 4.90 Å². The zero-order chi connectivity index (χ0) is 14.8. The van der Waals surface area contributed by atoms with Gasteiger partial charge in [-0.3, -0.25) is 9.59 Å². The van der Waals surface area contributed by atoms with E-state index in [1.807, 2.05) is 0 Å². The fourth-order valence-corrected chi connectivity index (χ4v) is 2.13. The van der Waals surface area contributed by atoms with Crippen molar-refractivity contribution in [3.8, 4) is 5.75 Å². The summed E-state index contributed by atoms with van der Waals surface area (Å²) in [7, 11) is 0. The highest BCUT2D eigenvalue weighted by Crippen LogP contribution is 2.34. The Morgan fingerprint density at radius 1 is 1.45 bits per heavy atom. The van der Waals surface area contributed by atoms with Gasteiger partial charge >= 0.3 is 0 Å². The van der Waals surface area contributed by atoms with Crippen LogP contribution in [0.4, 0.5) is 5.69 Å². The van der Waals surface area contributed by atoms with Gasteiger partial charge in [0.2, 0.25) is 0 Å². The molecule has 0 saturated heterocycles. The van der Waals surface area contributed by atoms with Gasteiger partial charge in [0, 0.05) is 13.1 Å². The lowest BCUT2D eigenvalue weighted by molar-refractivity contribution is -0.154. The van der Waals surface area contributed by atoms with Crippen LogP contribution in [0.15, 0.2) is 24.3 Å². The predicted octanol–water partition coefficient (Wildman–Crippen LogP) is 0.617. The highest BCUT2D eigenvalue weighted by atomic mass is 16.5. The number of carbonyl (C=O) groups excluding carboxylic acids is 2. The van der Waals surface area contributed by atoms with E-state index in [2.05, 4.69) is 5.32 Å². The van der Waals surface area contributed by atoms with Crippen molar-refractivity contribution in [2.75, 3.05) is 25.0 Å². The summed E-state index contributed by atoms with van der Waals surface area (Å²) in [5.41, 5.74) is -1.06. The van der Waals surface area contributed by atoms with Crippen molar-refractivity contribution in [2.24, 2.45) is 0 Å². The number of anilines is 1. The van der Waals surface area contributed by atoms with E-state index in [0.29, 0.717) is 18.0 Å². The van der Waals surface area contributed by atoms with Crippen LogP contribution in [-0.4, -0.2) is 47.1 Å². The number of benzene rings is 1. The van der Waals surface area contributed by atoms with Gasteiger partial charge in [0.05, 0.1) is 12.3 Å². The van der Waals surface area contributed by atoms with Crippen molar-refractivity contribution in [2.45, 2.75) is 19.4 Å². The molecule has 1 aliphatic rings. The molecule has 1 aromatic rings. The number of carbonyl (C=O) groups is 2. The number of likely N-dealkylation sites (N-methyl/N-ethyl adjacent to an activating group) is 1. The molecule has 1 heterocycles. The van der Waals surface area contributed by atoms with Crippen molar-refractivity contribution < 1.29 is 19.4 Å². The van der Waals surface area contributed by atoms with Crippen molar-refractivity contribution in [3.05, 3.63) is 24.3 Å². The van der Waals surface area contributed by atoms with E-state index in [-0.39, 0.29) is 13.2 Å². The molecule has 0 bridgehead atoms. The number of nitrogens with zero attached hydrogens (tertiary/aromatic N) is 1. The van der Waals surface area contributed by atoms with Gasteiger partial charge in [0.15, 0.2) is 0 Å². The number of rotatable bonds is 4. The Kier molecular flexibility index (Phi) is 3.94. The maximum absolute atomic E-state index is 12.5. The Hall–Kier alpha value is -2.08. The molecule has 1 aliphatic heterocycles. The van der Waals surface area contributed by atoms with Crippen LogP contribution in [0.2, 0.25) is 0 Å². The number of para-hydroxylation sites is 2. The van der Waals surface area contributed by atoms with E-state index in [1.54, 1.807) is 31.2 Å². The Labute approximate surface area is 117 Å². The number of nitrogens with one attached hydrogen (secondary N) is 1. The Balaban J connectivity index is 2.30. The molecule has 1 aromatic carbocycles. The normalized spacial score (nSPS) is 20.6. The third-order valence-electron chi connectivity index (χ3n) is 3.33. The van der Waals surface area contributed by atoms with Gasteiger partial charge in [-0.05, 0) is 26.0 Å². The van der Waals surface area contributed by atoms with Crippen LogP contribution in [0.5, 0.6) is 5.75 Å². The van der Waals surface area contributed by atoms with Gasteiger partial charge in [-0.15, -0.1) is 0 Å². The second-order valence-electron chi connectivity index (χ2n) is 4.69. The summed E-state index contributed by atoms with van der Waals surface area (Å²) in [6.45, 7) is 3.64. The number of amides is 2. The topological polar surface area (TPSA) is 78.9 Å². The number of hydrogen-bond donors (Lipinski definition) is 2. The van der Waals surface area contributed by atoms with Gasteiger partial charge in [-0.1, -0.05) is 12.1 Å². The second-order valence-corrected chi connectivity index (χ2v) is 4.69. The first-order valence-corrected chi connectivity index (χ1v) is 6.52. The number of aliphatic hydroxyl groups excluding tert-OH is 1. The summed E-state index contributed by atoms with van der Waals surface area (Å²) in [4.78, 5) is 26.1. The Morgan fingerprint density at radius 3 is 2.80 bits per heavy atom. The standard InChI is InChI=1S/C14H18N2O4/c1-3-16(8-9-17)13(19)14(2)12(18)15-10-6-4-5-7-11(10)20-14/h4-7,17H,3,8-9H2,1-2H3,(H,15,18). The molecule has 6 heteroatoms. The zero-order valence-electron chi connectivity index (χ0n) is 11.5. The molecule has 1 unspecified atom stereocenters. The molecule has 108 valence electrons. The van der Waals surface area contributed by atoms with E-state index in [1.165, 1.54) is 11.8 Å². The molecule has 0 saturated carbocycles. The summed E-state index contributed by atoms with van der Waals surface area (Å²) >= 11 is 0. The van der Waals surface area contributed by atoms with Crippen molar-refractivity contribution in [3.63, 3.8) is 0 Å². The highest BCUT2D eigenvalue weighted by molar-refractivity contribution is 6.15. The van der Waals surface area contributed by atoms with Crippen LogP contribution >= 0.6 is 0 Å². The molecule has 20 heavy (non-hydrogen) atoms. The summed E-state index contributed by atoms with van der Waals surface area (Å²) in [6.07, 6.45) is 0. The van der Waals surface area contributed by atoms with E-state index < -0.39 is 17.4 Å². The molecule has 0 spiro atoms. The molecule has 2 amide bonds. The summed E-state index contributed by atoms with van der Waals surface area (Å²) in [5.74, 6) is -0.498. The first-order chi connectivity index (χ1) is 9.52. The minimum Gasteiger partial charge on any atom is -0.466 e. The Morgan fingerprint density at radius 2 is 2.15 bits per heavy atom. The SMILES string of the molecule is CCN(CCO)C(=O)C1(C)Oc2ccccc2NC1=O. The smallest absolute Gasteiger partial charge is 0.278 e.